The molecule has 0 atom stereocenters. The average Bonchev–Trinajstić information content (AvgIpc) is 2.31. The van der Waals surface area contributed by atoms with Gasteiger partial charge in [-0.25, -0.2) is 0 Å². The van der Waals surface area contributed by atoms with Crippen LogP contribution in [0, 0.1) is 11.3 Å². The number of thiol groups is 1. The van der Waals surface area contributed by atoms with Crippen LogP contribution >= 0.6 is 12.6 Å². The fourth-order valence-corrected chi connectivity index (χ4v) is 1.90. The van der Waals surface area contributed by atoms with Crippen LogP contribution in [0.2, 0.25) is 0 Å². The summed E-state index contributed by atoms with van der Waals surface area (Å²) in [5, 5.41) is 8.93. The lowest BCUT2D eigenvalue weighted by atomic mass is 10.00. The van der Waals surface area contributed by atoms with Gasteiger partial charge in [-0.3, -0.25) is 4.79 Å². The van der Waals surface area contributed by atoms with Crippen molar-refractivity contribution < 1.29 is 9.53 Å². The Labute approximate surface area is 107 Å². The van der Waals surface area contributed by atoms with Gasteiger partial charge >= 0.3 is 5.97 Å². The van der Waals surface area contributed by atoms with Gasteiger partial charge in [-0.2, -0.15) is 5.26 Å². The smallest absolute Gasteiger partial charge is 0.310 e. The van der Waals surface area contributed by atoms with E-state index in [1.165, 1.54) is 0 Å². The largest absolute Gasteiger partial charge is 0.466 e. The summed E-state index contributed by atoms with van der Waals surface area (Å²) in [6, 6.07) is 5.63. The minimum atomic E-state index is -0.266. The minimum absolute atomic E-state index is 0.208. The van der Waals surface area contributed by atoms with Crippen molar-refractivity contribution in [2.24, 2.45) is 0 Å². The molecule has 0 saturated carbocycles. The predicted octanol–water partition coefficient (Wildman–Crippen LogP) is 2.51. The molecule has 0 radical (unpaired) electrons. The van der Waals surface area contributed by atoms with Gasteiger partial charge in [-0.15, -0.1) is 12.6 Å². The molecule has 0 fully saturated rings. The van der Waals surface area contributed by atoms with Crippen molar-refractivity contribution >= 4 is 18.6 Å². The van der Waals surface area contributed by atoms with E-state index >= 15 is 0 Å². The maximum absolute atomic E-state index is 11.4. The molecule has 4 heteroatoms. The van der Waals surface area contributed by atoms with E-state index < -0.39 is 0 Å². The molecule has 0 amide bonds. The Morgan fingerprint density at radius 1 is 1.41 bits per heavy atom. The van der Waals surface area contributed by atoms with Crippen molar-refractivity contribution in [1.29, 1.82) is 5.26 Å². The zero-order chi connectivity index (χ0) is 12.8. The van der Waals surface area contributed by atoms with Gasteiger partial charge in [0.2, 0.25) is 0 Å². The van der Waals surface area contributed by atoms with Crippen LogP contribution in [-0.4, -0.2) is 12.6 Å². The van der Waals surface area contributed by atoms with E-state index in [1.54, 1.807) is 13.0 Å². The lowest BCUT2D eigenvalue weighted by Gasteiger charge is -2.09. The summed E-state index contributed by atoms with van der Waals surface area (Å²) in [6.45, 7) is 4.15. The van der Waals surface area contributed by atoms with Crippen LogP contribution in [0.3, 0.4) is 0 Å². The highest BCUT2D eigenvalue weighted by Crippen LogP contribution is 2.21. The summed E-state index contributed by atoms with van der Waals surface area (Å²) in [6.07, 6.45) is 1.01. The summed E-state index contributed by atoms with van der Waals surface area (Å²) in [7, 11) is 0. The van der Waals surface area contributed by atoms with Gasteiger partial charge in [0.05, 0.1) is 18.6 Å². The molecule has 0 aliphatic heterocycles. The molecular weight excluding hydrogens is 234 g/mol. The molecule has 0 N–H and O–H groups in total. The Morgan fingerprint density at radius 2 is 2.12 bits per heavy atom. The normalized spacial score (nSPS) is 9.76. The van der Waals surface area contributed by atoms with Crippen LogP contribution in [0.25, 0.3) is 0 Å². The fraction of sp³-hybridized carbons (Fsp3) is 0.385. The van der Waals surface area contributed by atoms with Crippen LogP contribution in [-0.2, 0) is 22.4 Å². The number of rotatable bonds is 4. The second-order valence-corrected chi connectivity index (χ2v) is 4.07. The van der Waals surface area contributed by atoms with E-state index in [4.69, 9.17) is 10.00 Å². The second kappa shape index (κ2) is 6.31. The number of nitrogens with zero attached hydrogens (tertiary/aromatic N) is 1. The Hall–Kier alpha value is -1.47. The minimum Gasteiger partial charge on any atom is -0.466 e. The summed E-state index contributed by atoms with van der Waals surface area (Å²) >= 11 is 4.24. The SMILES string of the molecule is CCOC(=O)Cc1cc(C#N)c(S)cc1CC. The van der Waals surface area contributed by atoms with Gasteiger partial charge < -0.3 is 4.74 Å². The first-order chi connectivity index (χ1) is 8.12. The Kier molecular flexibility index (Phi) is 5.05. The summed E-state index contributed by atoms with van der Waals surface area (Å²) in [4.78, 5) is 12.1. The standard InChI is InChI=1S/C13H15NO2S/c1-3-9-6-12(17)11(8-14)5-10(9)7-13(15)16-4-2/h5-6,17H,3-4,7H2,1-2H3. The van der Waals surface area contributed by atoms with E-state index in [-0.39, 0.29) is 12.4 Å². The van der Waals surface area contributed by atoms with Crippen LogP contribution in [0.4, 0.5) is 0 Å². The van der Waals surface area contributed by atoms with Crippen molar-refractivity contribution in [3.63, 3.8) is 0 Å². The molecule has 1 aromatic rings. The quantitative estimate of drug-likeness (QED) is 0.659. The molecule has 0 aliphatic carbocycles. The average molecular weight is 249 g/mol. The molecule has 0 bridgehead atoms. The van der Waals surface area contributed by atoms with Crippen LogP contribution in [0.1, 0.15) is 30.5 Å². The van der Waals surface area contributed by atoms with Crippen molar-refractivity contribution in [1.82, 2.24) is 0 Å². The summed E-state index contributed by atoms with van der Waals surface area (Å²) in [5.41, 5.74) is 2.37. The Bertz CT molecular complexity index is 463. The van der Waals surface area contributed by atoms with E-state index in [0.29, 0.717) is 17.1 Å². The molecule has 3 nitrogen and oxygen atoms in total. The maximum Gasteiger partial charge on any atom is 0.310 e. The van der Waals surface area contributed by atoms with E-state index in [9.17, 15) is 4.79 Å². The number of nitriles is 1. The molecular formula is C13H15NO2S. The van der Waals surface area contributed by atoms with Crippen molar-refractivity contribution in [2.45, 2.75) is 31.6 Å². The lowest BCUT2D eigenvalue weighted by molar-refractivity contribution is -0.142. The number of hydrogen-bond donors (Lipinski definition) is 1. The molecule has 0 aliphatic rings. The summed E-state index contributed by atoms with van der Waals surface area (Å²) < 4.78 is 4.91. The molecule has 17 heavy (non-hydrogen) atoms. The van der Waals surface area contributed by atoms with Gasteiger partial charge in [0.25, 0.3) is 0 Å². The number of ether oxygens (including phenoxy) is 1. The first kappa shape index (κ1) is 13.6. The molecule has 0 heterocycles. The van der Waals surface area contributed by atoms with Crippen LogP contribution < -0.4 is 0 Å². The number of aryl methyl sites for hydroxylation is 1. The molecule has 0 aromatic heterocycles. The Morgan fingerprint density at radius 3 is 2.65 bits per heavy atom. The fourth-order valence-electron chi connectivity index (χ4n) is 1.63. The lowest BCUT2D eigenvalue weighted by Crippen LogP contribution is -2.09. The van der Waals surface area contributed by atoms with Gasteiger partial charge in [0, 0.05) is 4.90 Å². The molecule has 90 valence electrons. The third-order valence-corrected chi connectivity index (χ3v) is 2.83. The second-order valence-electron chi connectivity index (χ2n) is 3.59. The third-order valence-electron chi connectivity index (χ3n) is 2.46. The number of hydrogen-bond acceptors (Lipinski definition) is 4. The summed E-state index contributed by atoms with van der Waals surface area (Å²) in [5.74, 6) is -0.266. The number of benzene rings is 1. The molecule has 1 aromatic carbocycles. The van der Waals surface area contributed by atoms with E-state index in [1.807, 2.05) is 13.0 Å². The van der Waals surface area contributed by atoms with Gasteiger partial charge in [-0.05, 0) is 36.6 Å². The van der Waals surface area contributed by atoms with Crippen molar-refractivity contribution in [2.75, 3.05) is 6.61 Å². The molecule has 0 saturated heterocycles. The number of esters is 1. The number of carbonyl (C=O) groups is 1. The van der Waals surface area contributed by atoms with Crippen LogP contribution in [0.15, 0.2) is 17.0 Å². The topological polar surface area (TPSA) is 50.1 Å². The first-order valence-corrected chi connectivity index (χ1v) is 5.97. The third kappa shape index (κ3) is 3.50. The highest BCUT2D eigenvalue weighted by molar-refractivity contribution is 7.80. The van der Waals surface area contributed by atoms with Crippen molar-refractivity contribution in [3.8, 4) is 6.07 Å². The van der Waals surface area contributed by atoms with E-state index in [0.717, 1.165) is 17.5 Å². The predicted molar refractivity (Wildman–Crippen MR) is 68.1 cm³/mol. The zero-order valence-corrected chi connectivity index (χ0v) is 10.9. The zero-order valence-electron chi connectivity index (χ0n) is 9.99. The van der Waals surface area contributed by atoms with Gasteiger partial charge in [-0.1, -0.05) is 6.92 Å². The number of carbonyl (C=O) groups excluding carboxylic acids is 1. The highest BCUT2D eigenvalue weighted by Gasteiger charge is 2.11. The monoisotopic (exact) mass is 249 g/mol. The molecule has 0 unspecified atom stereocenters. The molecule has 0 spiro atoms. The highest BCUT2D eigenvalue weighted by atomic mass is 32.1. The molecule has 1 rings (SSSR count). The van der Waals surface area contributed by atoms with Crippen molar-refractivity contribution in [3.05, 3.63) is 28.8 Å². The van der Waals surface area contributed by atoms with Gasteiger partial charge in [0.15, 0.2) is 0 Å². The Balaban J connectivity index is 3.05. The maximum atomic E-state index is 11.4. The van der Waals surface area contributed by atoms with Gasteiger partial charge in [0.1, 0.15) is 6.07 Å². The van der Waals surface area contributed by atoms with E-state index in [2.05, 4.69) is 18.7 Å². The first-order valence-electron chi connectivity index (χ1n) is 5.52. The van der Waals surface area contributed by atoms with Crippen LogP contribution in [0.5, 0.6) is 0 Å².